The van der Waals surface area contributed by atoms with E-state index >= 15 is 0 Å². The van der Waals surface area contributed by atoms with Gasteiger partial charge in [-0.3, -0.25) is 0 Å². The highest BCUT2D eigenvalue weighted by Gasteiger charge is 2.13. The Hall–Kier alpha value is -1.56. The lowest BCUT2D eigenvalue weighted by Crippen LogP contribution is -2.28. The maximum absolute atomic E-state index is 13.4. The smallest absolute Gasteiger partial charge is 0.143 e. The third-order valence-electron chi connectivity index (χ3n) is 2.41. The van der Waals surface area contributed by atoms with E-state index in [2.05, 4.69) is 13.8 Å². The molecular formula is C13H17FN2. The van der Waals surface area contributed by atoms with Gasteiger partial charge in [-0.25, -0.2) is 4.39 Å². The third-order valence-corrected chi connectivity index (χ3v) is 2.41. The average Bonchev–Trinajstić information content (AvgIpc) is 2.25. The minimum atomic E-state index is -0.442. The normalized spacial score (nSPS) is 10.2. The Morgan fingerprint density at radius 3 is 2.62 bits per heavy atom. The van der Waals surface area contributed by atoms with Crippen LogP contribution in [0.2, 0.25) is 0 Å². The van der Waals surface area contributed by atoms with Gasteiger partial charge in [0.2, 0.25) is 0 Å². The molecule has 0 radical (unpaired) electrons. The lowest BCUT2D eigenvalue weighted by Gasteiger charge is -2.26. The van der Waals surface area contributed by atoms with E-state index in [9.17, 15) is 4.39 Å². The molecule has 0 amide bonds. The molecule has 1 rings (SSSR count). The van der Waals surface area contributed by atoms with Gasteiger partial charge in [0.25, 0.3) is 0 Å². The van der Waals surface area contributed by atoms with Gasteiger partial charge < -0.3 is 4.90 Å². The fraction of sp³-hybridized carbons (Fsp3) is 0.462. The van der Waals surface area contributed by atoms with E-state index in [0.29, 0.717) is 11.6 Å². The Bertz CT molecular complexity index is 393. The Balaban J connectivity index is 3.10. The maximum atomic E-state index is 13.4. The van der Waals surface area contributed by atoms with E-state index in [1.54, 1.807) is 12.1 Å². The minimum absolute atomic E-state index is 0.144. The van der Waals surface area contributed by atoms with E-state index in [0.717, 1.165) is 13.1 Å². The summed E-state index contributed by atoms with van der Waals surface area (Å²) >= 11 is 0. The molecule has 1 aromatic carbocycles. The number of hydrogen-bond acceptors (Lipinski definition) is 2. The molecule has 0 aliphatic heterocycles. The van der Waals surface area contributed by atoms with Crippen molar-refractivity contribution >= 4 is 5.69 Å². The van der Waals surface area contributed by atoms with E-state index in [1.165, 1.54) is 6.07 Å². The van der Waals surface area contributed by atoms with Crippen molar-refractivity contribution in [2.24, 2.45) is 5.92 Å². The molecule has 0 saturated heterocycles. The van der Waals surface area contributed by atoms with Gasteiger partial charge in [-0.2, -0.15) is 5.26 Å². The lowest BCUT2D eigenvalue weighted by molar-refractivity contribution is 0.606. The molecule has 0 atom stereocenters. The highest BCUT2D eigenvalue weighted by molar-refractivity contribution is 5.59. The summed E-state index contributed by atoms with van der Waals surface area (Å²) in [6.07, 6.45) is 0. The third kappa shape index (κ3) is 2.73. The van der Waals surface area contributed by atoms with E-state index in [4.69, 9.17) is 5.26 Å². The molecule has 0 saturated carbocycles. The summed E-state index contributed by atoms with van der Waals surface area (Å²) in [4.78, 5) is 2.03. The van der Waals surface area contributed by atoms with Crippen molar-refractivity contribution in [1.29, 1.82) is 5.26 Å². The van der Waals surface area contributed by atoms with Crippen LogP contribution >= 0.6 is 0 Å². The number of nitriles is 1. The largest absolute Gasteiger partial charge is 0.370 e. The van der Waals surface area contributed by atoms with E-state index in [-0.39, 0.29) is 5.56 Å². The molecule has 3 heteroatoms. The Morgan fingerprint density at radius 2 is 2.12 bits per heavy atom. The highest BCUT2D eigenvalue weighted by Crippen LogP contribution is 2.23. The molecule has 0 aliphatic carbocycles. The van der Waals surface area contributed by atoms with Crippen LogP contribution in [-0.2, 0) is 0 Å². The first-order chi connectivity index (χ1) is 7.60. The first-order valence-electron chi connectivity index (χ1n) is 5.53. The zero-order chi connectivity index (χ0) is 12.1. The first-order valence-corrected chi connectivity index (χ1v) is 5.53. The van der Waals surface area contributed by atoms with Crippen LogP contribution < -0.4 is 4.90 Å². The van der Waals surface area contributed by atoms with Gasteiger partial charge in [0.15, 0.2) is 0 Å². The minimum Gasteiger partial charge on any atom is -0.370 e. The Kier molecular flexibility index (Phi) is 4.30. The molecule has 0 heterocycles. The molecule has 86 valence electrons. The first kappa shape index (κ1) is 12.5. The van der Waals surface area contributed by atoms with Crippen LogP contribution in [0, 0.1) is 23.1 Å². The van der Waals surface area contributed by atoms with Crippen LogP contribution in [0.1, 0.15) is 26.3 Å². The van der Waals surface area contributed by atoms with Gasteiger partial charge in [0, 0.05) is 13.1 Å². The van der Waals surface area contributed by atoms with Gasteiger partial charge >= 0.3 is 0 Å². The standard InChI is InChI=1S/C13H17FN2/c1-4-16(9-10(2)3)13-7-5-6-12(14)11(13)8-15/h5-7,10H,4,9H2,1-3H3. The van der Waals surface area contributed by atoms with Gasteiger partial charge in [-0.15, -0.1) is 0 Å². The molecule has 16 heavy (non-hydrogen) atoms. The molecular weight excluding hydrogens is 203 g/mol. The monoisotopic (exact) mass is 220 g/mol. The number of rotatable bonds is 4. The molecule has 0 N–H and O–H groups in total. The number of benzene rings is 1. The van der Waals surface area contributed by atoms with E-state index < -0.39 is 5.82 Å². The molecule has 1 aromatic rings. The predicted octanol–water partition coefficient (Wildman–Crippen LogP) is 3.18. The van der Waals surface area contributed by atoms with Crippen LogP contribution in [0.15, 0.2) is 18.2 Å². The van der Waals surface area contributed by atoms with Crippen molar-refractivity contribution < 1.29 is 4.39 Å². The summed E-state index contributed by atoms with van der Waals surface area (Å²) in [5.41, 5.74) is 0.837. The van der Waals surface area contributed by atoms with Crippen molar-refractivity contribution in [3.05, 3.63) is 29.6 Å². The molecule has 0 unspecified atom stereocenters. The predicted molar refractivity (Wildman–Crippen MR) is 63.8 cm³/mol. The molecule has 0 fully saturated rings. The summed E-state index contributed by atoms with van der Waals surface area (Å²) in [5, 5.41) is 8.96. The van der Waals surface area contributed by atoms with Crippen molar-refractivity contribution in [1.82, 2.24) is 0 Å². The summed E-state index contributed by atoms with van der Waals surface area (Å²) in [7, 11) is 0. The quantitative estimate of drug-likeness (QED) is 0.779. The van der Waals surface area contributed by atoms with Gasteiger partial charge in [-0.05, 0) is 25.0 Å². The van der Waals surface area contributed by atoms with Gasteiger partial charge in [-0.1, -0.05) is 19.9 Å². The Labute approximate surface area is 96.3 Å². The average molecular weight is 220 g/mol. The van der Waals surface area contributed by atoms with Crippen LogP contribution in [0.25, 0.3) is 0 Å². The zero-order valence-corrected chi connectivity index (χ0v) is 10.00. The highest BCUT2D eigenvalue weighted by atomic mass is 19.1. The SMILES string of the molecule is CCN(CC(C)C)c1cccc(F)c1C#N. The van der Waals surface area contributed by atoms with Crippen molar-refractivity contribution in [2.75, 3.05) is 18.0 Å². The molecule has 0 aliphatic rings. The topological polar surface area (TPSA) is 27.0 Å². The summed E-state index contributed by atoms with van der Waals surface area (Å²) in [5.74, 6) is 0.0389. The summed E-state index contributed by atoms with van der Waals surface area (Å²) in [6.45, 7) is 7.82. The van der Waals surface area contributed by atoms with Crippen molar-refractivity contribution in [2.45, 2.75) is 20.8 Å². The van der Waals surface area contributed by atoms with Crippen LogP contribution in [0.3, 0.4) is 0 Å². The fourth-order valence-electron chi connectivity index (χ4n) is 1.73. The van der Waals surface area contributed by atoms with Gasteiger partial charge in [0.1, 0.15) is 17.4 Å². The van der Waals surface area contributed by atoms with Gasteiger partial charge in [0.05, 0.1) is 5.69 Å². The molecule has 2 nitrogen and oxygen atoms in total. The number of anilines is 1. The second kappa shape index (κ2) is 5.50. The second-order valence-corrected chi connectivity index (χ2v) is 4.18. The molecule has 0 bridgehead atoms. The molecule has 0 spiro atoms. The Morgan fingerprint density at radius 1 is 1.44 bits per heavy atom. The number of hydrogen-bond donors (Lipinski definition) is 0. The summed E-state index contributed by atoms with van der Waals surface area (Å²) in [6, 6.07) is 6.71. The van der Waals surface area contributed by atoms with Crippen molar-refractivity contribution in [3.8, 4) is 6.07 Å². The van der Waals surface area contributed by atoms with Crippen LogP contribution in [0.4, 0.5) is 10.1 Å². The zero-order valence-electron chi connectivity index (χ0n) is 10.00. The lowest BCUT2D eigenvalue weighted by atomic mass is 10.1. The summed E-state index contributed by atoms with van der Waals surface area (Å²) < 4.78 is 13.4. The fourth-order valence-corrected chi connectivity index (χ4v) is 1.73. The van der Waals surface area contributed by atoms with Crippen LogP contribution in [-0.4, -0.2) is 13.1 Å². The number of nitrogens with zero attached hydrogens (tertiary/aromatic N) is 2. The maximum Gasteiger partial charge on any atom is 0.143 e. The van der Waals surface area contributed by atoms with Crippen molar-refractivity contribution in [3.63, 3.8) is 0 Å². The van der Waals surface area contributed by atoms with E-state index in [1.807, 2.05) is 17.9 Å². The second-order valence-electron chi connectivity index (χ2n) is 4.18. The number of halogens is 1. The van der Waals surface area contributed by atoms with Crippen LogP contribution in [0.5, 0.6) is 0 Å². The molecule has 0 aromatic heterocycles.